The summed E-state index contributed by atoms with van der Waals surface area (Å²) in [5, 5.41) is 3.68. The van der Waals surface area contributed by atoms with Crippen LogP contribution >= 0.6 is 0 Å². The molecule has 3 atom stereocenters. The van der Waals surface area contributed by atoms with E-state index in [0.717, 1.165) is 24.1 Å². The van der Waals surface area contributed by atoms with Crippen molar-refractivity contribution >= 4 is 0 Å². The fraction of sp³-hybridized carbons (Fsp3) is 0.450. The number of pyridine rings is 1. The molecule has 0 bridgehead atoms. The van der Waals surface area contributed by atoms with Crippen LogP contribution in [0, 0.1) is 12.7 Å². The van der Waals surface area contributed by atoms with Crippen molar-refractivity contribution in [3.63, 3.8) is 0 Å². The molecule has 0 aliphatic heterocycles. The molecule has 1 N–H and O–H groups in total. The van der Waals surface area contributed by atoms with Gasteiger partial charge in [-0.05, 0) is 68.4 Å². The minimum Gasteiger partial charge on any atom is -0.494 e. The Morgan fingerprint density at radius 3 is 2.79 bits per heavy atom. The first-order valence-electron chi connectivity index (χ1n) is 8.59. The maximum Gasteiger partial charge on any atom is 0.165 e. The Morgan fingerprint density at radius 1 is 1.25 bits per heavy atom. The molecule has 1 heterocycles. The molecular weight excluding hydrogens is 303 g/mol. The zero-order valence-electron chi connectivity index (χ0n) is 14.6. The number of hydrogen-bond donors (Lipinski definition) is 1. The summed E-state index contributed by atoms with van der Waals surface area (Å²) in [7, 11) is 1.50. The van der Waals surface area contributed by atoms with Crippen LogP contribution in [0.2, 0.25) is 0 Å². The van der Waals surface area contributed by atoms with E-state index in [1.54, 1.807) is 6.07 Å². The maximum atomic E-state index is 13.6. The number of nitrogens with one attached hydrogen (secondary N) is 1. The van der Waals surface area contributed by atoms with Crippen molar-refractivity contribution in [1.82, 2.24) is 10.3 Å². The van der Waals surface area contributed by atoms with E-state index in [1.165, 1.54) is 25.2 Å². The van der Waals surface area contributed by atoms with Crippen LogP contribution in [0.15, 0.2) is 36.5 Å². The van der Waals surface area contributed by atoms with Gasteiger partial charge in [-0.3, -0.25) is 4.98 Å². The first kappa shape index (κ1) is 16.9. The first-order valence-corrected chi connectivity index (χ1v) is 8.59. The second kappa shape index (κ2) is 7.31. The monoisotopic (exact) mass is 328 g/mol. The van der Waals surface area contributed by atoms with E-state index >= 15 is 0 Å². The molecule has 1 fully saturated rings. The molecule has 3 unspecified atom stereocenters. The lowest BCUT2D eigenvalue weighted by Crippen LogP contribution is -2.29. The SMILES string of the molecule is COc1cc(C(C)NC2CCC(c3ccc(C)nc3)C2)ccc1F. The molecule has 1 aliphatic carbocycles. The summed E-state index contributed by atoms with van der Waals surface area (Å²) in [5.74, 6) is 0.558. The highest BCUT2D eigenvalue weighted by molar-refractivity contribution is 5.32. The van der Waals surface area contributed by atoms with E-state index in [0.29, 0.717) is 17.7 Å². The molecule has 0 spiro atoms. The molecule has 0 radical (unpaired) electrons. The lowest BCUT2D eigenvalue weighted by atomic mass is 9.99. The minimum absolute atomic E-state index is 0.166. The van der Waals surface area contributed by atoms with Gasteiger partial charge in [0, 0.05) is 24.0 Å². The van der Waals surface area contributed by atoms with Crippen molar-refractivity contribution in [3.8, 4) is 5.75 Å². The molecule has 1 aromatic heterocycles. The number of rotatable bonds is 5. The van der Waals surface area contributed by atoms with E-state index in [9.17, 15) is 4.39 Å². The summed E-state index contributed by atoms with van der Waals surface area (Å²) in [5.41, 5.74) is 3.44. The fourth-order valence-electron chi connectivity index (χ4n) is 3.55. The zero-order valence-corrected chi connectivity index (χ0v) is 14.6. The second-order valence-electron chi connectivity index (χ2n) is 6.72. The largest absolute Gasteiger partial charge is 0.494 e. The van der Waals surface area contributed by atoms with Gasteiger partial charge in [0.2, 0.25) is 0 Å². The topological polar surface area (TPSA) is 34.1 Å². The molecular formula is C20H25FN2O. The van der Waals surface area contributed by atoms with Crippen molar-refractivity contribution in [3.05, 3.63) is 59.2 Å². The molecule has 1 saturated carbocycles. The van der Waals surface area contributed by atoms with Crippen LogP contribution in [0.3, 0.4) is 0 Å². The molecule has 1 aliphatic rings. The van der Waals surface area contributed by atoms with E-state index in [1.807, 2.05) is 19.2 Å². The van der Waals surface area contributed by atoms with E-state index in [2.05, 4.69) is 29.4 Å². The number of aryl methyl sites for hydroxylation is 1. The highest BCUT2D eigenvalue weighted by Crippen LogP contribution is 2.35. The molecule has 2 aromatic rings. The Hall–Kier alpha value is -1.94. The molecule has 24 heavy (non-hydrogen) atoms. The third-order valence-corrected chi connectivity index (χ3v) is 5.00. The Labute approximate surface area is 143 Å². The molecule has 128 valence electrons. The average Bonchev–Trinajstić information content (AvgIpc) is 3.04. The summed E-state index contributed by atoms with van der Waals surface area (Å²) in [6.45, 7) is 4.13. The van der Waals surface area contributed by atoms with Gasteiger partial charge in [0.15, 0.2) is 11.6 Å². The Balaban J connectivity index is 1.61. The molecule has 3 nitrogen and oxygen atoms in total. The van der Waals surface area contributed by atoms with Gasteiger partial charge in [0.25, 0.3) is 0 Å². The third kappa shape index (κ3) is 3.75. The van der Waals surface area contributed by atoms with Gasteiger partial charge in [0.05, 0.1) is 7.11 Å². The van der Waals surface area contributed by atoms with Crippen LogP contribution in [0.4, 0.5) is 4.39 Å². The van der Waals surface area contributed by atoms with Gasteiger partial charge < -0.3 is 10.1 Å². The van der Waals surface area contributed by atoms with Gasteiger partial charge in [-0.15, -0.1) is 0 Å². The number of methoxy groups -OCH3 is 1. The smallest absolute Gasteiger partial charge is 0.165 e. The zero-order chi connectivity index (χ0) is 17.1. The van der Waals surface area contributed by atoms with Crippen LogP contribution in [0.1, 0.15) is 55.0 Å². The highest BCUT2D eigenvalue weighted by Gasteiger charge is 2.27. The number of halogens is 1. The summed E-state index contributed by atoms with van der Waals surface area (Å²) in [6, 6.07) is 10.0. The van der Waals surface area contributed by atoms with Gasteiger partial charge in [0.1, 0.15) is 0 Å². The van der Waals surface area contributed by atoms with Crippen LogP contribution in [-0.4, -0.2) is 18.1 Å². The van der Waals surface area contributed by atoms with Crippen molar-refractivity contribution in [2.24, 2.45) is 0 Å². The number of ether oxygens (including phenoxy) is 1. The minimum atomic E-state index is -0.318. The Morgan fingerprint density at radius 2 is 2.08 bits per heavy atom. The second-order valence-corrected chi connectivity index (χ2v) is 6.72. The lowest BCUT2D eigenvalue weighted by molar-refractivity contribution is 0.384. The van der Waals surface area contributed by atoms with Crippen LogP contribution in [0.5, 0.6) is 5.75 Å². The van der Waals surface area contributed by atoms with Crippen molar-refractivity contribution in [1.29, 1.82) is 0 Å². The molecule has 0 amide bonds. The van der Waals surface area contributed by atoms with Crippen molar-refractivity contribution in [2.45, 2.75) is 51.1 Å². The van der Waals surface area contributed by atoms with Gasteiger partial charge in [-0.1, -0.05) is 12.1 Å². The summed E-state index contributed by atoms with van der Waals surface area (Å²) < 4.78 is 18.6. The molecule has 0 saturated heterocycles. The number of nitrogens with zero attached hydrogens (tertiary/aromatic N) is 1. The van der Waals surface area contributed by atoms with E-state index in [-0.39, 0.29) is 11.9 Å². The van der Waals surface area contributed by atoms with E-state index in [4.69, 9.17) is 4.74 Å². The van der Waals surface area contributed by atoms with Crippen molar-refractivity contribution in [2.75, 3.05) is 7.11 Å². The summed E-state index contributed by atoms with van der Waals surface area (Å²) >= 11 is 0. The van der Waals surface area contributed by atoms with E-state index < -0.39 is 0 Å². The Bertz CT molecular complexity index is 687. The van der Waals surface area contributed by atoms with Crippen LogP contribution in [-0.2, 0) is 0 Å². The predicted octanol–water partition coefficient (Wildman–Crippen LogP) is 4.52. The molecule has 1 aromatic carbocycles. The maximum absolute atomic E-state index is 13.6. The highest BCUT2D eigenvalue weighted by atomic mass is 19.1. The van der Waals surface area contributed by atoms with Gasteiger partial charge in [-0.25, -0.2) is 4.39 Å². The summed E-state index contributed by atoms with van der Waals surface area (Å²) in [4.78, 5) is 4.41. The van der Waals surface area contributed by atoms with Crippen LogP contribution < -0.4 is 10.1 Å². The van der Waals surface area contributed by atoms with Crippen LogP contribution in [0.25, 0.3) is 0 Å². The molecule has 3 rings (SSSR count). The quantitative estimate of drug-likeness (QED) is 0.876. The third-order valence-electron chi connectivity index (χ3n) is 5.00. The first-order chi connectivity index (χ1) is 11.6. The van der Waals surface area contributed by atoms with Gasteiger partial charge >= 0.3 is 0 Å². The molecule has 4 heteroatoms. The number of hydrogen-bond acceptors (Lipinski definition) is 3. The standard InChI is InChI=1S/C20H25FN2O/c1-13-4-5-17(12-22-13)16-6-8-18(10-16)23-14(2)15-7-9-19(21)20(11-15)24-3/h4-5,7,9,11-12,14,16,18,23H,6,8,10H2,1-3H3. The number of aromatic nitrogens is 1. The normalized spacial score (nSPS) is 21.7. The van der Waals surface area contributed by atoms with Gasteiger partial charge in [-0.2, -0.15) is 0 Å². The van der Waals surface area contributed by atoms with Crippen molar-refractivity contribution < 1.29 is 9.13 Å². The fourth-order valence-corrected chi connectivity index (χ4v) is 3.55. The Kier molecular flexibility index (Phi) is 5.14. The predicted molar refractivity (Wildman–Crippen MR) is 93.9 cm³/mol. The average molecular weight is 328 g/mol. The number of benzene rings is 1. The lowest BCUT2D eigenvalue weighted by Gasteiger charge is -2.21. The summed E-state index contributed by atoms with van der Waals surface area (Å²) in [6.07, 6.45) is 5.47.